The standard InChI is InChI=1S/C18H13ClN4O4S/c19-13-7-6-12(9-15(13)23(26)27)20-17(25)14-10-28-18(21-14)22-16(24)8-11-4-2-1-3-5-11/h1-7,9-10H,8H2,(H,20,25)(H,21,22,24). The first-order valence-corrected chi connectivity index (χ1v) is 9.23. The second-order valence-electron chi connectivity index (χ2n) is 5.63. The minimum absolute atomic E-state index is 0.0277. The number of benzene rings is 2. The van der Waals surface area contributed by atoms with Crippen molar-refractivity contribution in [3.63, 3.8) is 0 Å². The highest BCUT2D eigenvalue weighted by Gasteiger charge is 2.16. The largest absolute Gasteiger partial charge is 0.320 e. The molecule has 10 heteroatoms. The zero-order valence-corrected chi connectivity index (χ0v) is 15.8. The fraction of sp³-hybridized carbons (Fsp3) is 0.0556. The molecule has 1 aromatic heterocycles. The lowest BCUT2D eigenvalue weighted by atomic mass is 10.1. The number of nitro groups is 1. The Morgan fingerprint density at radius 2 is 1.89 bits per heavy atom. The van der Waals surface area contributed by atoms with Crippen molar-refractivity contribution in [2.24, 2.45) is 0 Å². The van der Waals surface area contributed by atoms with Crippen molar-refractivity contribution in [2.45, 2.75) is 6.42 Å². The van der Waals surface area contributed by atoms with Crippen LogP contribution in [0.25, 0.3) is 0 Å². The molecule has 0 aliphatic heterocycles. The Kier molecular flexibility index (Phi) is 5.97. The topological polar surface area (TPSA) is 114 Å². The maximum atomic E-state index is 12.3. The van der Waals surface area contributed by atoms with Gasteiger partial charge in [0.2, 0.25) is 5.91 Å². The molecule has 0 aliphatic carbocycles. The molecule has 2 aromatic carbocycles. The van der Waals surface area contributed by atoms with Crippen LogP contribution in [0.1, 0.15) is 16.1 Å². The number of carbonyl (C=O) groups is 2. The minimum Gasteiger partial charge on any atom is -0.320 e. The Bertz CT molecular complexity index is 1040. The molecule has 0 saturated heterocycles. The van der Waals surface area contributed by atoms with Crippen LogP contribution in [-0.2, 0) is 11.2 Å². The Balaban J connectivity index is 1.63. The van der Waals surface area contributed by atoms with Crippen LogP contribution in [0.5, 0.6) is 0 Å². The number of nitro benzene ring substituents is 1. The first-order valence-electron chi connectivity index (χ1n) is 7.97. The van der Waals surface area contributed by atoms with E-state index in [0.717, 1.165) is 23.0 Å². The summed E-state index contributed by atoms with van der Waals surface area (Å²) in [5, 5.41) is 17.8. The van der Waals surface area contributed by atoms with E-state index in [1.807, 2.05) is 30.3 Å². The van der Waals surface area contributed by atoms with Gasteiger partial charge in [0.05, 0.1) is 11.3 Å². The molecular formula is C18H13ClN4O4S. The number of hydrogen-bond acceptors (Lipinski definition) is 6. The van der Waals surface area contributed by atoms with Crippen LogP contribution in [0.4, 0.5) is 16.5 Å². The quantitative estimate of drug-likeness (QED) is 0.463. The molecule has 8 nitrogen and oxygen atoms in total. The highest BCUT2D eigenvalue weighted by atomic mass is 35.5. The monoisotopic (exact) mass is 416 g/mol. The van der Waals surface area contributed by atoms with Gasteiger partial charge in [-0.3, -0.25) is 19.7 Å². The summed E-state index contributed by atoms with van der Waals surface area (Å²) in [5.41, 5.74) is 0.840. The fourth-order valence-electron chi connectivity index (χ4n) is 2.31. The SMILES string of the molecule is O=C(Cc1ccccc1)Nc1nc(C(=O)Nc2ccc(Cl)c([N+](=O)[O-])c2)cs1. The van der Waals surface area contributed by atoms with E-state index in [-0.39, 0.29) is 39.6 Å². The molecule has 28 heavy (non-hydrogen) atoms. The molecule has 0 aliphatic rings. The van der Waals surface area contributed by atoms with Crippen molar-refractivity contribution in [3.05, 3.63) is 80.3 Å². The van der Waals surface area contributed by atoms with Gasteiger partial charge in [0.25, 0.3) is 11.6 Å². The van der Waals surface area contributed by atoms with Gasteiger partial charge in [0.1, 0.15) is 10.7 Å². The average molecular weight is 417 g/mol. The van der Waals surface area contributed by atoms with Gasteiger partial charge in [-0.1, -0.05) is 41.9 Å². The summed E-state index contributed by atoms with van der Waals surface area (Å²) in [6.07, 6.45) is 0.191. The molecule has 0 saturated carbocycles. The number of halogens is 1. The lowest BCUT2D eigenvalue weighted by molar-refractivity contribution is -0.384. The van der Waals surface area contributed by atoms with E-state index in [0.29, 0.717) is 0 Å². The van der Waals surface area contributed by atoms with Crippen LogP contribution in [-0.4, -0.2) is 21.7 Å². The number of carbonyl (C=O) groups excluding carboxylic acids is 2. The lowest BCUT2D eigenvalue weighted by Crippen LogP contribution is -2.15. The van der Waals surface area contributed by atoms with Gasteiger partial charge in [-0.05, 0) is 17.7 Å². The van der Waals surface area contributed by atoms with E-state index >= 15 is 0 Å². The smallest absolute Gasteiger partial charge is 0.289 e. The van der Waals surface area contributed by atoms with Crippen molar-refractivity contribution in [3.8, 4) is 0 Å². The molecule has 0 spiro atoms. The number of aromatic nitrogens is 1. The van der Waals surface area contributed by atoms with Crippen LogP contribution < -0.4 is 10.6 Å². The van der Waals surface area contributed by atoms with Crippen LogP contribution in [0, 0.1) is 10.1 Å². The second kappa shape index (κ2) is 8.59. The van der Waals surface area contributed by atoms with E-state index in [9.17, 15) is 19.7 Å². The average Bonchev–Trinajstić information content (AvgIpc) is 3.12. The van der Waals surface area contributed by atoms with E-state index in [2.05, 4.69) is 15.6 Å². The summed E-state index contributed by atoms with van der Waals surface area (Å²) in [6.45, 7) is 0. The zero-order chi connectivity index (χ0) is 20.1. The molecule has 2 N–H and O–H groups in total. The summed E-state index contributed by atoms with van der Waals surface area (Å²) in [7, 11) is 0. The van der Waals surface area contributed by atoms with E-state index in [4.69, 9.17) is 11.6 Å². The van der Waals surface area contributed by atoms with Crippen molar-refractivity contribution < 1.29 is 14.5 Å². The predicted molar refractivity (Wildman–Crippen MR) is 107 cm³/mol. The molecule has 1 heterocycles. The Labute approximate surface area is 168 Å². The normalized spacial score (nSPS) is 10.3. The predicted octanol–water partition coefficient (Wildman–Crippen LogP) is 4.14. The number of anilines is 2. The van der Waals surface area contributed by atoms with Gasteiger partial charge in [-0.2, -0.15) is 0 Å². The van der Waals surface area contributed by atoms with Crippen molar-refractivity contribution >= 4 is 51.3 Å². The van der Waals surface area contributed by atoms with Crippen LogP contribution >= 0.6 is 22.9 Å². The summed E-state index contributed by atoms with van der Waals surface area (Å²) in [4.78, 5) is 38.7. The Morgan fingerprint density at radius 3 is 2.61 bits per heavy atom. The number of thiazole rings is 1. The van der Waals surface area contributed by atoms with E-state index in [1.165, 1.54) is 17.5 Å². The van der Waals surface area contributed by atoms with Crippen LogP contribution in [0.3, 0.4) is 0 Å². The summed E-state index contributed by atoms with van der Waals surface area (Å²) in [5.74, 6) is -0.808. The van der Waals surface area contributed by atoms with Crippen LogP contribution in [0.15, 0.2) is 53.9 Å². The maximum Gasteiger partial charge on any atom is 0.289 e. The molecule has 0 radical (unpaired) electrons. The Morgan fingerprint density at radius 1 is 1.14 bits per heavy atom. The molecule has 0 bridgehead atoms. The molecule has 3 rings (SSSR count). The molecule has 3 aromatic rings. The van der Waals surface area contributed by atoms with Gasteiger partial charge in [0, 0.05) is 17.1 Å². The van der Waals surface area contributed by atoms with Crippen molar-refractivity contribution in [2.75, 3.05) is 10.6 Å². The van der Waals surface area contributed by atoms with E-state index < -0.39 is 10.8 Å². The van der Waals surface area contributed by atoms with Crippen molar-refractivity contribution in [1.29, 1.82) is 0 Å². The third kappa shape index (κ3) is 4.90. The zero-order valence-electron chi connectivity index (χ0n) is 14.2. The minimum atomic E-state index is -0.638. The number of nitrogens with one attached hydrogen (secondary N) is 2. The third-order valence-corrected chi connectivity index (χ3v) is 4.67. The summed E-state index contributed by atoms with van der Waals surface area (Å²) in [6, 6.07) is 13.2. The second-order valence-corrected chi connectivity index (χ2v) is 6.89. The van der Waals surface area contributed by atoms with Gasteiger partial charge in [-0.25, -0.2) is 4.98 Å². The van der Waals surface area contributed by atoms with Crippen LogP contribution in [0.2, 0.25) is 5.02 Å². The Hall–Kier alpha value is -3.30. The number of rotatable bonds is 6. The van der Waals surface area contributed by atoms with Gasteiger partial charge < -0.3 is 10.6 Å². The molecule has 0 fully saturated rings. The van der Waals surface area contributed by atoms with Gasteiger partial charge >= 0.3 is 0 Å². The molecule has 142 valence electrons. The maximum absolute atomic E-state index is 12.3. The highest BCUT2D eigenvalue weighted by molar-refractivity contribution is 7.14. The highest BCUT2D eigenvalue weighted by Crippen LogP contribution is 2.27. The number of nitrogens with zero attached hydrogens (tertiary/aromatic N) is 2. The van der Waals surface area contributed by atoms with Crippen molar-refractivity contribution in [1.82, 2.24) is 4.98 Å². The molecular weight excluding hydrogens is 404 g/mol. The first kappa shape index (κ1) is 19.5. The number of amides is 2. The molecule has 0 atom stereocenters. The molecule has 2 amide bonds. The number of hydrogen-bond donors (Lipinski definition) is 2. The third-order valence-electron chi connectivity index (χ3n) is 3.59. The fourth-order valence-corrected chi connectivity index (χ4v) is 3.20. The van der Waals surface area contributed by atoms with Gasteiger partial charge in [-0.15, -0.1) is 11.3 Å². The first-order chi connectivity index (χ1) is 13.4. The summed E-state index contributed by atoms with van der Waals surface area (Å²) < 4.78 is 0. The summed E-state index contributed by atoms with van der Waals surface area (Å²) >= 11 is 6.85. The van der Waals surface area contributed by atoms with E-state index in [1.54, 1.807) is 0 Å². The van der Waals surface area contributed by atoms with Gasteiger partial charge in [0.15, 0.2) is 5.13 Å². The lowest BCUT2D eigenvalue weighted by Gasteiger charge is -2.04. The molecule has 0 unspecified atom stereocenters.